The first-order valence-corrected chi connectivity index (χ1v) is 6.41. The van der Waals surface area contributed by atoms with Gasteiger partial charge in [0.15, 0.2) is 0 Å². The Morgan fingerprint density at radius 1 is 1.10 bits per heavy atom. The summed E-state index contributed by atoms with van der Waals surface area (Å²) < 4.78 is 5.06. The number of hydrogen-bond acceptors (Lipinski definition) is 3. The van der Waals surface area contributed by atoms with Gasteiger partial charge in [-0.25, -0.2) is 0 Å². The minimum atomic E-state index is -0.724. The molecule has 0 N–H and O–H groups in total. The van der Waals surface area contributed by atoms with Crippen LogP contribution in [0.2, 0.25) is 0 Å². The fourth-order valence-corrected chi connectivity index (χ4v) is 1.76. The van der Waals surface area contributed by atoms with Crippen molar-refractivity contribution in [3.05, 3.63) is 60.2 Å². The summed E-state index contributed by atoms with van der Waals surface area (Å²) in [5.41, 5.74) is 3.17. The van der Waals surface area contributed by atoms with Crippen LogP contribution in [0.1, 0.15) is 12.5 Å². The van der Waals surface area contributed by atoms with Gasteiger partial charge in [0.05, 0.1) is 6.07 Å². The summed E-state index contributed by atoms with van der Waals surface area (Å²) in [6.45, 7) is 1.72. The van der Waals surface area contributed by atoms with Crippen LogP contribution in [0.4, 0.5) is 0 Å². The van der Waals surface area contributed by atoms with Crippen molar-refractivity contribution < 1.29 is 9.53 Å². The maximum atomic E-state index is 11.4. The largest absolute Gasteiger partial charge is 0.460 e. The molecule has 0 bridgehead atoms. The van der Waals surface area contributed by atoms with Crippen LogP contribution in [-0.4, -0.2) is 5.97 Å². The van der Waals surface area contributed by atoms with Crippen LogP contribution in [0.5, 0.6) is 0 Å². The number of rotatable bonds is 4. The quantitative estimate of drug-likeness (QED) is 0.794. The summed E-state index contributed by atoms with van der Waals surface area (Å²) in [4.78, 5) is 11.4. The minimum Gasteiger partial charge on any atom is -0.460 e. The van der Waals surface area contributed by atoms with Crippen molar-refractivity contribution in [3.8, 4) is 17.2 Å². The Kier molecular flexibility index (Phi) is 4.52. The van der Waals surface area contributed by atoms with Gasteiger partial charge < -0.3 is 4.74 Å². The van der Waals surface area contributed by atoms with Gasteiger partial charge in [-0.2, -0.15) is 5.26 Å². The lowest BCUT2D eigenvalue weighted by Gasteiger charge is -2.07. The van der Waals surface area contributed by atoms with Crippen LogP contribution in [-0.2, 0) is 16.1 Å². The van der Waals surface area contributed by atoms with E-state index in [0.29, 0.717) is 0 Å². The van der Waals surface area contributed by atoms with Crippen molar-refractivity contribution in [1.82, 2.24) is 0 Å². The predicted molar refractivity (Wildman–Crippen MR) is 76.5 cm³/mol. The van der Waals surface area contributed by atoms with E-state index < -0.39 is 11.9 Å². The smallest absolute Gasteiger partial charge is 0.323 e. The average molecular weight is 265 g/mol. The van der Waals surface area contributed by atoms with Crippen molar-refractivity contribution in [3.63, 3.8) is 0 Å². The van der Waals surface area contributed by atoms with Gasteiger partial charge in [0.25, 0.3) is 0 Å². The molecule has 2 aromatic rings. The zero-order valence-corrected chi connectivity index (χ0v) is 11.2. The normalized spacial score (nSPS) is 11.4. The highest BCUT2D eigenvalue weighted by molar-refractivity contribution is 5.74. The maximum Gasteiger partial charge on any atom is 0.323 e. The van der Waals surface area contributed by atoms with Gasteiger partial charge in [-0.1, -0.05) is 54.6 Å². The molecule has 3 heteroatoms. The maximum absolute atomic E-state index is 11.4. The van der Waals surface area contributed by atoms with Gasteiger partial charge >= 0.3 is 5.97 Å². The second-order valence-electron chi connectivity index (χ2n) is 4.52. The summed E-state index contributed by atoms with van der Waals surface area (Å²) in [7, 11) is 0. The number of ether oxygens (including phenoxy) is 1. The first kappa shape index (κ1) is 13.8. The molecule has 0 aromatic heterocycles. The number of hydrogen-bond donors (Lipinski definition) is 0. The highest BCUT2D eigenvalue weighted by Crippen LogP contribution is 2.19. The molecule has 0 aliphatic carbocycles. The first-order valence-electron chi connectivity index (χ1n) is 6.41. The first-order chi connectivity index (χ1) is 9.70. The van der Waals surface area contributed by atoms with E-state index in [9.17, 15) is 4.79 Å². The number of benzene rings is 2. The predicted octanol–water partition coefficient (Wildman–Crippen LogP) is 3.56. The molecule has 0 spiro atoms. The third-order valence-electron chi connectivity index (χ3n) is 2.99. The van der Waals surface area contributed by atoms with Crippen LogP contribution in [0.25, 0.3) is 11.1 Å². The van der Waals surface area contributed by atoms with E-state index in [0.717, 1.165) is 16.7 Å². The molecular formula is C17H15NO2. The molecule has 0 saturated carbocycles. The average Bonchev–Trinajstić information content (AvgIpc) is 2.53. The number of carbonyl (C=O) groups excluding carboxylic acids is 1. The Hall–Kier alpha value is -2.60. The zero-order chi connectivity index (χ0) is 14.4. The molecule has 1 unspecified atom stereocenters. The Balaban J connectivity index is 1.99. The lowest BCUT2D eigenvalue weighted by molar-refractivity contribution is -0.147. The van der Waals surface area contributed by atoms with Gasteiger partial charge in [0.1, 0.15) is 12.5 Å². The van der Waals surface area contributed by atoms with E-state index in [1.807, 2.05) is 60.7 Å². The Morgan fingerprint density at radius 3 is 2.30 bits per heavy atom. The molecule has 3 nitrogen and oxygen atoms in total. The van der Waals surface area contributed by atoms with Crippen LogP contribution in [0.15, 0.2) is 54.6 Å². The van der Waals surface area contributed by atoms with Gasteiger partial charge in [-0.3, -0.25) is 4.79 Å². The standard InChI is InChI=1S/C17H15NO2/c1-13(11-18)17(19)20-12-14-7-9-16(10-8-14)15-5-3-2-4-6-15/h2-10,13H,12H2,1H3. The lowest BCUT2D eigenvalue weighted by Crippen LogP contribution is -2.12. The van der Waals surface area contributed by atoms with Gasteiger partial charge in [0, 0.05) is 0 Å². The second-order valence-corrected chi connectivity index (χ2v) is 4.52. The second kappa shape index (κ2) is 6.53. The monoisotopic (exact) mass is 265 g/mol. The van der Waals surface area contributed by atoms with Gasteiger partial charge in [-0.05, 0) is 23.6 Å². The Labute approximate surface area is 118 Å². The van der Waals surface area contributed by atoms with Crippen molar-refractivity contribution in [2.45, 2.75) is 13.5 Å². The molecule has 2 rings (SSSR count). The summed E-state index contributed by atoms with van der Waals surface area (Å²) >= 11 is 0. The number of carbonyl (C=O) groups is 1. The summed E-state index contributed by atoms with van der Waals surface area (Å²) in [6, 6.07) is 19.7. The highest BCUT2D eigenvalue weighted by Gasteiger charge is 2.12. The molecule has 0 amide bonds. The van der Waals surface area contributed by atoms with Crippen molar-refractivity contribution in [1.29, 1.82) is 5.26 Å². The molecule has 0 aliphatic rings. The van der Waals surface area contributed by atoms with E-state index in [1.165, 1.54) is 6.92 Å². The Morgan fingerprint density at radius 2 is 1.70 bits per heavy atom. The number of nitrogens with zero attached hydrogens (tertiary/aromatic N) is 1. The molecule has 0 fully saturated rings. The van der Waals surface area contributed by atoms with E-state index in [4.69, 9.17) is 10.00 Å². The van der Waals surface area contributed by atoms with Crippen molar-refractivity contribution in [2.24, 2.45) is 5.92 Å². The van der Waals surface area contributed by atoms with Crippen LogP contribution >= 0.6 is 0 Å². The molecular weight excluding hydrogens is 250 g/mol. The summed E-state index contributed by atoms with van der Waals surface area (Å²) in [6.07, 6.45) is 0. The minimum absolute atomic E-state index is 0.194. The van der Waals surface area contributed by atoms with E-state index in [1.54, 1.807) is 0 Å². The molecule has 0 heterocycles. The van der Waals surface area contributed by atoms with Gasteiger partial charge in [0.2, 0.25) is 0 Å². The SMILES string of the molecule is CC(C#N)C(=O)OCc1ccc(-c2ccccc2)cc1. The molecule has 1 atom stereocenters. The van der Waals surface area contributed by atoms with Crippen molar-refractivity contribution >= 4 is 5.97 Å². The zero-order valence-electron chi connectivity index (χ0n) is 11.2. The van der Waals surface area contributed by atoms with Crippen LogP contribution in [0, 0.1) is 17.2 Å². The number of esters is 1. The molecule has 100 valence electrons. The Bertz CT molecular complexity index is 612. The third kappa shape index (κ3) is 3.46. The topological polar surface area (TPSA) is 50.1 Å². The number of nitriles is 1. The fourth-order valence-electron chi connectivity index (χ4n) is 1.76. The molecule has 20 heavy (non-hydrogen) atoms. The molecule has 0 saturated heterocycles. The summed E-state index contributed by atoms with van der Waals surface area (Å²) in [5, 5.41) is 8.61. The van der Waals surface area contributed by atoms with E-state index in [2.05, 4.69) is 0 Å². The van der Waals surface area contributed by atoms with Crippen LogP contribution in [0.3, 0.4) is 0 Å². The highest BCUT2D eigenvalue weighted by atomic mass is 16.5. The van der Waals surface area contributed by atoms with Crippen molar-refractivity contribution in [2.75, 3.05) is 0 Å². The van der Waals surface area contributed by atoms with E-state index in [-0.39, 0.29) is 6.61 Å². The van der Waals surface area contributed by atoms with E-state index >= 15 is 0 Å². The van der Waals surface area contributed by atoms with Gasteiger partial charge in [-0.15, -0.1) is 0 Å². The molecule has 0 radical (unpaired) electrons. The lowest BCUT2D eigenvalue weighted by atomic mass is 10.0. The molecule has 2 aromatic carbocycles. The fraction of sp³-hybridized carbons (Fsp3) is 0.176. The third-order valence-corrected chi connectivity index (χ3v) is 2.99. The van der Waals surface area contributed by atoms with Crippen LogP contribution < -0.4 is 0 Å². The molecule has 0 aliphatic heterocycles. The summed E-state index contributed by atoms with van der Waals surface area (Å²) in [5.74, 6) is -1.21.